The summed E-state index contributed by atoms with van der Waals surface area (Å²) in [6, 6.07) is 7.38. The van der Waals surface area contributed by atoms with Crippen LogP contribution in [0.5, 0.6) is 0 Å². The number of carbonyl (C=O) groups is 2. The number of benzene rings is 1. The topological polar surface area (TPSA) is 70.2 Å². The summed E-state index contributed by atoms with van der Waals surface area (Å²) in [6.45, 7) is 3.71. The average Bonchev–Trinajstić information content (AvgIpc) is 2.60. The van der Waals surface area contributed by atoms with Crippen LogP contribution >= 0.6 is 12.2 Å². The quantitative estimate of drug-likeness (QED) is 0.660. The molecule has 5 nitrogen and oxygen atoms in total. The minimum atomic E-state index is -0.215. The molecule has 2 amide bonds. The van der Waals surface area contributed by atoms with Crippen molar-refractivity contribution < 1.29 is 9.59 Å². The van der Waals surface area contributed by atoms with E-state index >= 15 is 0 Å². The van der Waals surface area contributed by atoms with Crippen LogP contribution in [-0.2, 0) is 9.59 Å². The smallest absolute Gasteiger partial charge is 0.232 e. The number of anilines is 2. The molecule has 5 rings (SSSR count). The van der Waals surface area contributed by atoms with E-state index in [0.717, 1.165) is 42.7 Å². The summed E-state index contributed by atoms with van der Waals surface area (Å²) in [5, 5.41) is 9.26. The zero-order valence-electron chi connectivity index (χ0n) is 16.6. The Hall–Kier alpha value is -1.95. The van der Waals surface area contributed by atoms with Crippen LogP contribution in [0.2, 0.25) is 0 Å². The molecule has 4 aliphatic carbocycles. The van der Waals surface area contributed by atoms with E-state index in [1.807, 2.05) is 38.1 Å². The maximum Gasteiger partial charge on any atom is 0.232 e. The van der Waals surface area contributed by atoms with Crippen molar-refractivity contribution in [3.05, 3.63) is 24.3 Å². The minimum absolute atomic E-state index is 0.0326. The van der Waals surface area contributed by atoms with Gasteiger partial charge >= 0.3 is 0 Å². The first kappa shape index (κ1) is 19.4. The maximum absolute atomic E-state index is 13.1. The number of thiocarbonyl (C=S) groups is 1. The largest absolute Gasteiger partial charge is 0.332 e. The standard InChI is InChI=1S/C22H29N3O2S/c1-13(2)19(26)23-17-4-3-5-18(9-17)24-21(28)25-20(27)22-10-14-6-15(11-22)8-16(7-14)12-22/h3-5,9,13-16H,6-8,10-12H2,1-2H3,(H,23,26)(H2,24,25,27,28). The van der Waals surface area contributed by atoms with Crippen molar-refractivity contribution >= 4 is 40.5 Å². The van der Waals surface area contributed by atoms with Gasteiger partial charge < -0.3 is 16.0 Å². The number of nitrogens with one attached hydrogen (secondary N) is 3. The van der Waals surface area contributed by atoms with E-state index in [0.29, 0.717) is 10.8 Å². The van der Waals surface area contributed by atoms with Crippen LogP contribution in [0.4, 0.5) is 11.4 Å². The molecule has 4 fully saturated rings. The molecular weight excluding hydrogens is 370 g/mol. The second-order valence-corrected chi connectivity index (χ2v) is 9.74. The van der Waals surface area contributed by atoms with Crippen LogP contribution in [0.15, 0.2) is 24.3 Å². The Bertz CT molecular complexity index is 769. The average molecular weight is 400 g/mol. The van der Waals surface area contributed by atoms with E-state index in [2.05, 4.69) is 16.0 Å². The van der Waals surface area contributed by atoms with Gasteiger partial charge in [-0.05, 0) is 86.7 Å². The Labute approximate surface area is 172 Å². The molecule has 0 atom stereocenters. The Morgan fingerprint density at radius 3 is 2.07 bits per heavy atom. The lowest BCUT2D eigenvalue weighted by atomic mass is 9.49. The summed E-state index contributed by atoms with van der Waals surface area (Å²) in [4.78, 5) is 25.0. The third-order valence-corrected chi connectivity index (χ3v) is 6.86. The molecule has 1 aromatic rings. The molecule has 1 aromatic carbocycles. The van der Waals surface area contributed by atoms with E-state index in [4.69, 9.17) is 12.2 Å². The normalized spacial score (nSPS) is 30.2. The highest BCUT2D eigenvalue weighted by molar-refractivity contribution is 7.80. The number of hydrogen-bond acceptors (Lipinski definition) is 3. The molecule has 6 heteroatoms. The second kappa shape index (κ2) is 7.47. The lowest BCUT2D eigenvalue weighted by Crippen LogP contribution is -2.55. The molecule has 0 saturated heterocycles. The van der Waals surface area contributed by atoms with Crippen LogP contribution in [0.3, 0.4) is 0 Å². The molecule has 0 aliphatic heterocycles. The highest BCUT2D eigenvalue weighted by atomic mass is 32.1. The molecule has 4 bridgehead atoms. The summed E-state index contributed by atoms with van der Waals surface area (Å²) in [5.74, 6) is 2.14. The van der Waals surface area contributed by atoms with Gasteiger partial charge in [-0.25, -0.2) is 0 Å². The monoisotopic (exact) mass is 399 g/mol. The summed E-state index contributed by atoms with van der Waals surface area (Å²) >= 11 is 5.41. The van der Waals surface area contributed by atoms with Gasteiger partial charge in [-0.1, -0.05) is 19.9 Å². The van der Waals surface area contributed by atoms with Gasteiger partial charge in [0.25, 0.3) is 0 Å². The van der Waals surface area contributed by atoms with Gasteiger partial charge in [0, 0.05) is 17.3 Å². The maximum atomic E-state index is 13.1. The predicted octanol–water partition coefficient (Wildman–Crippen LogP) is 4.31. The summed E-state index contributed by atoms with van der Waals surface area (Å²) in [7, 11) is 0. The van der Waals surface area contributed by atoms with Crippen LogP contribution in [-0.4, -0.2) is 16.9 Å². The molecule has 0 spiro atoms. The van der Waals surface area contributed by atoms with Crippen molar-refractivity contribution in [1.29, 1.82) is 0 Å². The highest BCUT2D eigenvalue weighted by Gasteiger charge is 2.54. The van der Waals surface area contributed by atoms with E-state index < -0.39 is 0 Å². The number of carbonyl (C=O) groups excluding carboxylic acids is 2. The summed E-state index contributed by atoms with van der Waals surface area (Å²) < 4.78 is 0. The van der Waals surface area contributed by atoms with Crippen molar-refractivity contribution in [3.63, 3.8) is 0 Å². The van der Waals surface area contributed by atoms with Crippen LogP contribution in [0.1, 0.15) is 52.4 Å². The molecule has 3 N–H and O–H groups in total. The number of hydrogen-bond donors (Lipinski definition) is 3. The third kappa shape index (κ3) is 3.93. The Morgan fingerprint density at radius 1 is 1.00 bits per heavy atom. The van der Waals surface area contributed by atoms with Gasteiger partial charge in [-0.3, -0.25) is 9.59 Å². The highest BCUT2D eigenvalue weighted by Crippen LogP contribution is 2.60. The van der Waals surface area contributed by atoms with Crippen molar-refractivity contribution in [1.82, 2.24) is 5.32 Å². The fourth-order valence-electron chi connectivity index (χ4n) is 5.75. The number of rotatable bonds is 4. The molecule has 28 heavy (non-hydrogen) atoms. The predicted molar refractivity (Wildman–Crippen MR) is 115 cm³/mol. The molecule has 0 radical (unpaired) electrons. The van der Waals surface area contributed by atoms with E-state index in [-0.39, 0.29) is 23.1 Å². The van der Waals surface area contributed by atoms with Crippen LogP contribution in [0.25, 0.3) is 0 Å². The Kier molecular flexibility index (Phi) is 5.17. The minimum Gasteiger partial charge on any atom is -0.332 e. The fourth-order valence-corrected chi connectivity index (χ4v) is 5.96. The van der Waals surface area contributed by atoms with E-state index in [1.165, 1.54) is 19.3 Å². The van der Waals surface area contributed by atoms with Gasteiger partial charge in [0.15, 0.2) is 5.11 Å². The van der Waals surface area contributed by atoms with E-state index in [1.54, 1.807) is 0 Å². The van der Waals surface area contributed by atoms with Crippen LogP contribution in [0, 0.1) is 29.1 Å². The van der Waals surface area contributed by atoms with Gasteiger partial charge in [-0.2, -0.15) is 0 Å². The first-order valence-electron chi connectivity index (χ1n) is 10.4. The van der Waals surface area contributed by atoms with Gasteiger partial charge in [0.2, 0.25) is 11.8 Å². The summed E-state index contributed by atoms with van der Waals surface area (Å²) in [5.41, 5.74) is 1.24. The molecule has 0 aromatic heterocycles. The third-order valence-electron chi connectivity index (χ3n) is 6.66. The zero-order valence-corrected chi connectivity index (χ0v) is 17.4. The molecule has 0 unspecified atom stereocenters. The van der Waals surface area contributed by atoms with Gasteiger partial charge in [-0.15, -0.1) is 0 Å². The molecule has 4 saturated carbocycles. The van der Waals surface area contributed by atoms with Crippen LogP contribution < -0.4 is 16.0 Å². The summed E-state index contributed by atoms with van der Waals surface area (Å²) in [6.07, 6.45) is 6.98. The Morgan fingerprint density at radius 2 is 1.54 bits per heavy atom. The zero-order chi connectivity index (χ0) is 19.9. The van der Waals surface area contributed by atoms with Crippen molar-refractivity contribution in [2.75, 3.05) is 10.6 Å². The molecule has 4 aliphatic rings. The van der Waals surface area contributed by atoms with Crippen molar-refractivity contribution in [2.45, 2.75) is 52.4 Å². The van der Waals surface area contributed by atoms with Crippen molar-refractivity contribution in [3.8, 4) is 0 Å². The fraction of sp³-hybridized carbons (Fsp3) is 0.591. The lowest BCUT2D eigenvalue weighted by Gasteiger charge is -2.55. The number of amides is 2. The first-order chi connectivity index (χ1) is 13.3. The second-order valence-electron chi connectivity index (χ2n) is 9.33. The molecular formula is C22H29N3O2S. The lowest BCUT2D eigenvalue weighted by molar-refractivity contribution is -0.144. The van der Waals surface area contributed by atoms with Gasteiger partial charge in [0.05, 0.1) is 5.41 Å². The molecule has 0 heterocycles. The Balaban J connectivity index is 1.37. The van der Waals surface area contributed by atoms with E-state index in [9.17, 15) is 9.59 Å². The van der Waals surface area contributed by atoms with Gasteiger partial charge in [0.1, 0.15) is 0 Å². The van der Waals surface area contributed by atoms with Crippen molar-refractivity contribution in [2.24, 2.45) is 29.1 Å². The first-order valence-corrected chi connectivity index (χ1v) is 10.8. The SMILES string of the molecule is CC(C)C(=O)Nc1cccc(NC(=S)NC(=O)C23CC4CC(CC(C4)C2)C3)c1. The molecule has 150 valence electrons.